The fourth-order valence-corrected chi connectivity index (χ4v) is 6.90. The first-order valence-electron chi connectivity index (χ1n) is 12.7. The van der Waals surface area contributed by atoms with Gasteiger partial charge in [0.2, 0.25) is 0 Å². The van der Waals surface area contributed by atoms with Gasteiger partial charge in [-0.15, -0.1) is 5.06 Å². The molecule has 3 aromatic carbocycles. The maximum atomic E-state index is 13.4. The zero-order chi connectivity index (χ0) is 27.6. The molecule has 3 amide bonds. The number of benzene rings is 3. The van der Waals surface area contributed by atoms with Crippen molar-refractivity contribution < 1.29 is 19.2 Å². The summed E-state index contributed by atoms with van der Waals surface area (Å²) in [7, 11) is 0. The first-order valence-corrected chi connectivity index (χ1v) is 14.7. The van der Waals surface area contributed by atoms with E-state index in [2.05, 4.69) is 10.3 Å². The molecule has 11 heteroatoms. The lowest BCUT2D eigenvalue weighted by molar-refractivity contribution is -0.126. The van der Waals surface area contributed by atoms with Gasteiger partial charge >= 0.3 is 0 Å². The predicted molar refractivity (Wildman–Crippen MR) is 158 cm³/mol. The summed E-state index contributed by atoms with van der Waals surface area (Å²) in [6.45, 7) is 0.627. The van der Waals surface area contributed by atoms with Crippen LogP contribution in [0.5, 0.6) is 0 Å². The molecule has 8 nitrogen and oxygen atoms in total. The number of nitrogens with zero attached hydrogens (tertiary/aromatic N) is 3. The van der Waals surface area contributed by atoms with Crippen molar-refractivity contribution in [2.75, 3.05) is 18.5 Å². The van der Waals surface area contributed by atoms with Crippen molar-refractivity contribution >= 4 is 73.8 Å². The molecule has 2 aliphatic heterocycles. The molecule has 6 rings (SSSR count). The van der Waals surface area contributed by atoms with E-state index in [9.17, 15) is 14.4 Å². The lowest BCUT2D eigenvalue weighted by Crippen LogP contribution is -2.38. The van der Waals surface area contributed by atoms with Gasteiger partial charge in [0.15, 0.2) is 10.6 Å². The molecule has 0 aliphatic carbocycles. The second-order valence-corrected chi connectivity index (χ2v) is 11.7. The Bertz CT molecular complexity index is 1610. The lowest BCUT2D eigenvalue weighted by atomic mass is 10.1. The number of imide groups is 1. The van der Waals surface area contributed by atoms with Gasteiger partial charge in [-0.1, -0.05) is 77.2 Å². The van der Waals surface area contributed by atoms with E-state index in [4.69, 9.17) is 16.4 Å². The third-order valence-corrected chi connectivity index (χ3v) is 8.79. The van der Waals surface area contributed by atoms with Crippen LogP contribution in [0, 0.1) is 0 Å². The number of thiazole rings is 1. The maximum Gasteiger partial charge on any atom is 0.285 e. The van der Waals surface area contributed by atoms with Crippen LogP contribution in [-0.2, 0) is 9.63 Å². The molecule has 0 radical (unpaired) electrons. The summed E-state index contributed by atoms with van der Waals surface area (Å²) in [5.74, 6) is -0.982. The van der Waals surface area contributed by atoms with Gasteiger partial charge < -0.3 is 10.2 Å². The number of halogens is 1. The first kappa shape index (κ1) is 26.5. The standard InChI is InChI=1S/C29H23ClN4O4S2/c30-19-12-13-22-23(17-19)39-28(31-22)32-29-33(27(37)24(40-29)16-18-8-2-1-3-9-18)14-6-7-15-38-34-25(35)20-10-4-5-11-21(20)26(34)36/h1-5,8-13,16-17,29H,6-7,14-15H2,(H,31,32)/b24-16-. The van der Waals surface area contributed by atoms with Crippen LogP contribution in [0.2, 0.25) is 5.02 Å². The molecule has 4 aromatic rings. The van der Waals surface area contributed by atoms with Crippen LogP contribution in [0.1, 0.15) is 39.1 Å². The molecule has 1 N–H and O–H groups in total. The van der Waals surface area contributed by atoms with Crippen molar-refractivity contribution in [3.63, 3.8) is 0 Å². The van der Waals surface area contributed by atoms with Crippen LogP contribution in [-0.4, -0.2) is 51.3 Å². The summed E-state index contributed by atoms with van der Waals surface area (Å²) >= 11 is 9.07. The van der Waals surface area contributed by atoms with E-state index in [-0.39, 0.29) is 18.0 Å². The normalized spacial score (nSPS) is 17.9. The molecule has 1 atom stereocenters. The number of thioether (sulfide) groups is 1. The number of hydroxylamine groups is 2. The second-order valence-electron chi connectivity index (χ2n) is 9.15. The third kappa shape index (κ3) is 5.35. The average molecular weight is 591 g/mol. The molecule has 40 heavy (non-hydrogen) atoms. The molecule has 0 bridgehead atoms. The highest BCUT2D eigenvalue weighted by Gasteiger charge is 2.37. The van der Waals surface area contributed by atoms with Crippen LogP contribution < -0.4 is 5.32 Å². The molecule has 0 spiro atoms. The Hall–Kier alpha value is -3.70. The quantitative estimate of drug-likeness (QED) is 0.139. The monoisotopic (exact) mass is 590 g/mol. The Labute approximate surface area is 243 Å². The zero-order valence-corrected chi connectivity index (χ0v) is 23.5. The minimum absolute atomic E-state index is 0.0724. The first-order chi connectivity index (χ1) is 19.5. The lowest BCUT2D eigenvalue weighted by Gasteiger charge is -2.24. The van der Waals surface area contributed by atoms with E-state index >= 15 is 0 Å². The number of rotatable bonds is 9. The highest BCUT2D eigenvalue weighted by Crippen LogP contribution is 2.38. The summed E-state index contributed by atoms with van der Waals surface area (Å²) in [6.07, 6.45) is 3.05. The number of carbonyl (C=O) groups excluding carboxylic acids is 3. The van der Waals surface area contributed by atoms with E-state index in [0.29, 0.717) is 45.6 Å². The van der Waals surface area contributed by atoms with Crippen LogP contribution >= 0.6 is 34.7 Å². The molecule has 0 saturated carbocycles. The largest absolute Gasteiger partial charge is 0.332 e. The Morgan fingerprint density at radius 3 is 2.40 bits per heavy atom. The van der Waals surface area contributed by atoms with Crippen molar-refractivity contribution in [1.29, 1.82) is 0 Å². The van der Waals surface area contributed by atoms with Gasteiger partial charge in [-0.2, -0.15) is 0 Å². The average Bonchev–Trinajstić information content (AvgIpc) is 3.57. The van der Waals surface area contributed by atoms with Crippen molar-refractivity contribution in [3.05, 3.63) is 99.4 Å². The summed E-state index contributed by atoms with van der Waals surface area (Å²) in [6, 6.07) is 21.9. The van der Waals surface area contributed by atoms with Gasteiger partial charge in [-0.25, -0.2) is 4.98 Å². The van der Waals surface area contributed by atoms with E-state index in [1.807, 2.05) is 48.5 Å². The Morgan fingerprint density at radius 1 is 0.925 bits per heavy atom. The molecule has 1 fully saturated rings. The minimum Gasteiger partial charge on any atom is -0.332 e. The van der Waals surface area contributed by atoms with Gasteiger partial charge in [0.05, 0.1) is 32.9 Å². The third-order valence-electron chi connectivity index (χ3n) is 6.46. The Morgan fingerprint density at radius 2 is 1.65 bits per heavy atom. The van der Waals surface area contributed by atoms with Crippen molar-refractivity contribution in [2.24, 2.45) is 0 Å². The van der Waals surface area contributed by atoms with Crippen molar-refractivity contribution in [2.45, 2.75) is 18.3 Å². The van der Waals surface area contributed by atoms with Crippen LogP contribution in [0.4, 0.5) is 5.13 Å². The van der Waals surface area contributed by atoms with E-state index in [1.165, 1.54) is 23.1 Å². The molecule has 202 valence electrons. The minimum atomic E-state index is -0.455. The maximum absolute atomic E-state index is 13.4. The molecular formula is C29H23ClN4O4S2. The molecule has 1 saturated heterocycles. The van der Waals surface area contributed by atoms with E-state index < -0.39 is 11.8 Å². The molecular weight excluding hydrogens is 568 g/mol. The Kier molecular flexibility index (Phi) is 7.57. The number of unbranched alkanes of at least 4 members (excludes halogenated alkanes) is 1. The topological polar surface area (TPSA) is 91.8 Å². The fourth-order valence-electron chi connectivity index (χ4n) is 4.50. The van der Waals surface area contributed by atoms with E-state index in [0.717, 1.165) is 20.8 Å². The summed E-state index contributed by atoms with van der Waals surface area (Å²) in [5, 5.41) is 5.58. The number of anilines is 1. The number of hydrogen-bond donors (Lipinski definition) is 1. The molecule has 2 aliphatic rings. The van der Waals surface area contributed by atoms with Crippen molar-refractivity contribution in [1.82, 2.24) is 14.9 Å². The number of carbonyl (C=O) groups is 3. The summed E-state index contributed by atoms with van der Waals surface area (Å²) in [4.78, 5) is 51.1. The number of aromatic nitrogens is 1. The number of amides is 3. The number of nitrogens with one attached hydrogen (secondary N) is 1. The van der Waals surface area contributed by atoms with Gasteiger partial charge in [-0.3, -0.25) is 19.2 Å². The summed E-state index contributed by atoms with van der Waals surface area (Å²) in [5.41, 5.74) is 2.12. The highest BCUT2D eigenvalue weighted by atomic mass is 35.5. The fraction of sp³-hybridized carbons (Fsp3) is 0.172. The summed E-state index contributed by atoms with van der Waals surface area (Å²) < 4.78 is 0.959. The number of hydrogen-bond acceptors (Lipinski definition) is 8. The van der Waals surface area contributed by atoms with Crippen LogP contribution in [0.3, 0.4) is 0 Å². The smallest absolute Gasteiger partial charge is 0.285 e. The molecule has 1 unspecified atom stereocenters. The SMILES string of the molecule is O=C1c2ccccc2C(=O)N1OCCCCN1C(=O)/C(=C/c2ccccc2)SC1Nc1nc2ccc(Cl)cc2s1. The van der Waals surface area contributed by atoms with Gasteiger partial charge in [0.1, 0.15) is 0 Å². The van der Waals surface area contributed by atoms with Crippen LogP contribution in [0.25, 0.3) is 16.3 Å². The molecule has 3 heterocycles. The van der Waals surface area contributed by atoms with Gasteiger partial charge in [-0.05, 0) is 54.8 Å². The predicted octanol–water partition coefficient (Wildman–Crippen LogP) is 6.27. The number of fused-ring (bicyclic) bond motifs is 2. The zero-order valence-electron chi connectivity index (χ0n) is 21.1. The van der Waals surface area contributed by atoms with Gasteiger partial charge in [0, 0.05) is 11.6 Å². The van der Waals surface area contributed by atoms with Gasteiger partial charge in [0.25, 0.3) is 17.7 Å². The second kappa shape index (κ2) is 11.4. The van der Waals surface area contributed by atoms with E-state index in [1.54, 1.807) is 35.2 Å². The molecule has 1 aromatic heterocycles. The Balaban J connectivity index is 1.11. The highest BCUT2D eigenvalue weighted by molar-refractivity contribution is 8.05. The van der Waals surface area contributed by atoms with Crippen LogP contribution in [0.15, 0.2) is 77.7 Å². The van der Waals surface area contributed by atoms with Crippen molar-refractivity contribution in [3.8, 4) is 0 Å².